The second kappa shape index (κ2) is 9.40. The molecule has 0 saturated carbocycles. The average molecular weight is 428 g/mol. The molecule has 0 aliphatic carbocycles. The monoisotopic (exact) mass is 427 g/mol. The van der Waals surface area contributed by atoms with Crippen LogP contribution >= 0.6 is 11.6 Å². The lowest BCUT2D eigenvalue weighted by Crippen LogP contribution is -2.23. The molecule has 1 unspecified atom stereocenters. The van der Waals surface area contributed by atoms with Gasteiger partial charge in [0.2, 0.25) is 0 Å². The maximum Gasteiger partial charge on any atom is 0.282 e. The Hall–Kier alpha value is -2.72. The van der Waals surface area contributed by atoms with E-state index in [4.69, 9.17) is 16.3 Å². The van der Waals surface area contributed by atoms with Crippen molar-refractivity contribution in [1.82, 2.24) is 4.98 Å². The van der Waals surface area contributed by atoms with Crippen molar-refractivity contribution in [2.24, 2.45) is 5.92 Å². The number of halogens is 3. The predicted octanol–water partition coefficient (Wildman–Crippen LogP) is 7.03. The zero-order chi connectivity index (χ0) is 21.7. The summed E-state index contributed by atoms with van der Waals surface area (Å²) in [6.45, 7) is 4.98. The number of hydrogen-bond acceptors (Lipinski definition) is 2. The SMILES string of the molecule is C=CC(C)C(F)(F)c1cc([C@@H](Cc2ccccc2)c2ccc(Cl)cn2)ccc1OC. The van der Waals surface area contributed by atoms with Gasteiger partial charge < -0.3 is 4.74 Å². The van der Waals surface area contributed by atoms with Crippen molar-refractivity contribution >= 4 is 11.6 Å². The molecule has 0 bridgehead atoms. The van der Waals surface area contributed by atoms with E-state index in [1.807, 2.05) is 42.5 Å². The third kappa shape index (κ3) is 4.71. The normalized spacial score (nSPS) is 13.5. The number of allylic oxidation sites excluding steroid dienone is 1. The van der Waals surface area contributed by atoms with Crippen LogP contribution in [0.25, 0.3) is 0 Å². The minimum absolute atomic E-state index is 0.151. The molecule has 0 N–H and O–H groups in total. The number of benzene rings is 2. The van der Waals surface area contributed by atoms with Crippen molar-refractivity contribution in [1.29, 1.82) is 0 Å². The number of ether oxygens (including phenoxy) is 1. The molecular weight excluding hydrogens is 404 g/mol. The van der Waals surface area contributed by atoms with Gasteiger partial charge in [0.25, 0.3) is 5.92 Å². The first-order valence-electron chi connectivity index (χ1n) is 9.71. The number of aromatic nitrogens is 1. The molecule has 0 saturated heterocycles. The molecule has 1 heterocycles. The van der Waals surface area contributed by atoms with Crippen LogP contribution in [0.4, 0.5) is 8.78 Å². The summed E-state index contributed by atoms with van der Waals surface area (Å²) in [6.07, 6.45) is 3.45. The lowest BCUT2D eigenvalue weighted by molar-refractivity contribution is -0.0424. The van der Waals surface area contributed by atoms with E-state index in [2.05, 4.69) is 11.6 Å². The topological polar surface area (TPSA) is 22.1 Å². The fraction of sp³-hybridized carbons (Fsp3) is 0.240. The van der Waals surface area contributed by atoms with Crippen LogP contribution in [-0.4, -0.2) is 12.1 Å². The highest BCUT2D eigenvalue weighted by molar-refractivity contribution is 6.30. The van der Waals surface area contributed by atoms with Gasteiger partial charge in [-0.25, -0.2) is 8.78 Å². The van der Waals surface area contributed by atoms with Crippen molar-refractivity contribution in [3.8, 4) is 5.75 Å². The van der Waals surface area contributed by atoms with Gasteiger partial charge >= 0.3 is 0 Å². The van der Waals surface area contributed by atoms with Crippen LogP contribution < -0.4 is 4.74 Å². The number of hydrogen-bond donors (Lipinski definition) is 0. The molecule has 3 aromatic rings. The highest BCUT2D eigenvalue weighted by Gasteiger charge is 2.40. The van der Waals surface area contributed by atoms with E-state index in [0.717, 1.165) is 16.8 Å². The number of alkyl halides is 2. The van der Waals surface area contributed by atoms with Gasteiger partial charge in [0.1, 0.15) is 5.75 Å². The van der Waals surface area contributed by atoms with Crippen LogP contribution in [0.15, 0.2) is 79.5 Å². The molecule has 1 aromatic heterocycles. The van der Waals surface area contributed by atoms with E-state index < -0.39 is 11.8 Å². The Morgan fingerprint density at radius 2 is 1.87 bits per heavy atom. The minimum atomic E-state index is -3.12. The van der Waals surface area contributed by atoms with Gasteiger partial charge in [0, 0.05) is 23.7 Å². The molecule has 0 fully saturated rings. The Bertz CT molecular complexity index is 990. The fourth-order valence-electron chi connectivity index (χ4n) is 3.43. The van der Waals surface area contributed by atoms with E-state index >= 15 is 8.78 Å². The maximum absolute atomic E-state index is 15.1. The summed E-state index contributed by atoms with van der Waals surface area (Å²) in [5, 5.41) is 0.527. The fourth-order valence-corrected chi connectivity index (χ4v) is 3.54. The molecule has 0 amide bonds. The molecule has 3 rings (SSSR count). The van der Waals surface area contributed by atoms with E-state index in [0.29, 0.717) is 11.4 Å². The lowest BCUT2D eigenvalue weighted by atomic mass is 9.86. The number of rotatable bonds is 8. The summed E-state index contributed by atoms with van der Waals surface area (Å²) in [7, 11) is 1.40. The standard InChI is InChI=1S/C25H24ClF2NO/c1-4-17(2)25(27,28)22-15-19(10-13-24(22)30-3)21(14-18-8-6-5-7-9-18)23-12-11-20(26)16-29-23/h4-13,15-17,21H,1,14H2,2-3H3/t17?,21-/m1/s1. The van der Waals surface area contributed by atoms with Crippen LogP contribution in [0, 0.1) is 5.92 Å². The molecule has 2 nitrogen and oxygen atoms in total. The quantitative estimate of drug-likeness (QED) is 0.360. The highest BCUT2D eigenvalue weighted by Crippen LogP contribution is 2.43. The molecular formula is C25H24ClF2NO. The van der Waals surface area contributed by atoms with Crippen LogP contribution in [0.2, 0.25) is 5.02 Å². The molecule has 0 radical (unpaired) electrons. The van der Waals surface area contributed by atoms with Crippen molar-refractivity contribution in [3.05, 3.63) is 107 Å². The van der Waals surface area contributed by atoms with Gasteiger partial charge in [-0.2, -0.15) is 0 Å². The van der Waals surface area contributed by atoms with Crippen LogP contribution in [0.1, 0.15) is 35.2 Å². The number of methoxy groups -OCH3 is 1. The summed E-state index contributed by atoms with van der Waals surface area (Å²) < 4.78 is 35.5. The van der Waals surface area contributed by atoms with E-state index in [1.165, 1.54) is 26.2 Å². The summed E-state index contributed by atoms with van der Waals surface area (Å²) in [5.74, 6) is -4.22. The molecule has 30 heavy (non-hydrogen) atoms. The van der Waals surface area contributed by atoms with Crippen molar-refractivity contribution in [2.45, 2.75) is 25.2 Å². The molecule has 0 aliphatic heterocycles. The van der Waals surface area contributed by atoms with Gasteiger partial charge in [-0.15, -0.1) is 6.58 Å². The second-order valence-electron chi connectivity index (χ2n) is 7.25. The predicted molar refractivity (Wildman–Crippen MR) is 117 cm³/mol. The van der Waals surface area contributed by atoms with Gasteiger partial charge in [-0.1, -0.05) is 61.0 Å². The van der Waals surface area contributed by atoms with Crippen molar-refractivity contribution in [3.63, 3.8) is 0 Å². The van der Waals surface area contributed by atoms with Crippen LogP contribution in [-0.2, 0) is 12.3 Å². The molecule has 2 atom stereocenters. The highest BCUT2D eigenvalue weighted by atomic mass is 35.5. The Morgan fingerprint density at radius 1 is 1.13 bits per heavy atom. The second-order valence-corrected chi connectivity index (χ2v) is 7.69. The number of nitrogens with zero attached hydrogens (tertiary/aromatic N) is 1. The minimum Gasteiger partial charge on any atom is -0.496 e. The van der Waals surface area contributed by atoms with Gasteiger partial charge in [-0.3, -0.25) is 4.98 Å². The Kier molecular flexibility index (Phi) is 6.88. The Balaban J connectivity index is 2.12. The third-order valence-electron chi connectivity index (χ3n) is 5.30. The van der Waals surface area contributed by atoms with Crippen molar-refractivity contribution in [2.75, 3.05) is 7.11 Å². The molecule has 0 spiro atoms. The summed E-state index contributed by atoms with van der Waals surface area (Å²) in [5.41, 5.74) is 2.43. The Labute approximate surface area is 181 Å². The zero-order valence-corrected chi connectivity index (χ0v) is 17.7. The lowest BCUT2D eigenvalue weighted by Gasteiger charge is -2.26. The largest absolute Gasteiger partial charge is 0.496 e. The third-order valence-corrected chi connectivity index (χ3v) is 5.52. The van der Waals surface area contributed by atoms with E-state index in [9.17, 15) is 0 Å². The smallest absolute Gasteiger partial charge is 0.282 e. The van der Waals surface area contributed by atoms with E-state index in [1.54, 1.807) is 18.3 Å². The van der Waals surface area contributed by atoms with E-state index in [-0.39, 0.29) is 17.2 Å². The number of pyridine rings is 1. The first-order valence-corrected chi connectivity index (χ1v) is 10.1. The zero-order valence-electron chi connectivity index (χ0n) is 17.0. The summed E-state index contributed by atoms with van der Waals surface area (Å²) >= 11 is 6.01. The van der Waals surface area contributed by atoms with Gasteiger partial charge in [0.05, 0.1) is 17.7 Å². The molecule has 0 aliphatic rings. The summed E-state index contributed by atoms with van der Waals surface area (Å²) in [6, 6.07) is 18.4. The molecule has 5 heteroatoms. The maximum atomic E-state index is 15.1. The van der Waals surface area contributed by atoms with Gasteiger partial charge in [0.15, 0.2) is 0 Å². The van der Waals surface area contributed by atoms with Gasteiger partial charge in [-0.05, 0) is 41.8 Å². The first-order chi connectivity index (χ1) is 14.4. The summed E-state index contributed by atoms with van der Waals surface area (Å²) in [4.78, 5) is 4.47. The molecule has 2 aromatic carbocycles. The van der Waals surface area contributed by atoms with Crippen LogP contribution in [0.3, 0.4) is 0 Å². The Morgan fingerprint density at radius 3 is 2.47 bits per heavy atom. The molecule has 156 valence electrons. The first kappa shape index (κ1) is 22.0. The average Bonchev–Trinajstić information content (AvgIpc) is 2.77. The van der Waals surface area contributed by atoms with Crippen LogP contribution in [0.5, 0.6) is 5.75 Å². The van der Waals surface area contributed by atoms with Crippen molar-refractivity contribution < 1.29 is 13.5 Å².